The molecule has 0 saturated carbocycles. The van der Waals surface area contributed by atoms with Gasteiger partial charge in [-0.2, -0.15) is 0 Å². The first kappa shape index (κ1) is 12.0. The van der Waals surface area contributed by atoms with Gasteiger partial charge in [0.05, 0.1) is 0 Å². The summed E-state index contributed by atoms with van der Waals surface area (Å²) < 4.78 is 5.96. The van der Waals surface area contributed by atoms with Crippen LogP contribution in [0.25, 0.3) is 0 Å². The van der Waals surface area contributed by atoms with Crippen LogP contribution in [0.5, 0.6) is 11.5 Å². The summed E-state index contributed by atoms with van der Waals surface area (Å²) in [6, 6.07) is 3.78. The molecule has 0 aliphatic carbocycles. The molecule has 0 bridgehead atoms. The molecule has 0 spiro atoms. The van der Waals surface area contributed by atoms with Crippen LogP contribution in [0, 0.1) is 6.92 Å². The molecule has 2 rings (SSSR count). The van der Waals surface area contributed by atoms with Crippen LogP contribution >= 0.6 is 0 Å². The smallest absolute Gasteiger partial charge is 0.124 e. The molecule has 0 radical (unpaired) electrons. The standard InChI is InChI=1S/C15H20O2/c1-9(2)5-12-6-10(3)13-8-14(16)11(4)7-15(13)17-12/h5,7-8,10,12,16H,6H2,1-4H3/t10-,12-/m1/s1. The molecule has 1 aromatic carbocycles. The average molecular weight is 232 g/mol. The molecule has 0 unspecified atom stereocenters. The van der Waals surface area contributed by atoms with Crippen molar-refractivity contribution >= 4 is 0 Å². The van der Waals surface area contributed by atoms with Crippen molar-refractivity contribution in [3.63, 3.8) is 0 Å². The molecular formula is C15H20O2. The monoisotopic (exact) mass is 232 g/mol. The third kappa shape index (κ3) is 2.46. The quantitative estimate of drug-likeness (QED) is 0.744. The van der Waals surface area contributed by atoms with Gasteiger partial charge in [-0.15, -0.1) is 0 Å². The number of phenols is 1. The summed E-state index contributed by atoms with van der Waals surface area (Å²) in [5, 5.41) is 9.74. The maximum atomic E-state index is 9.74. The maximum Gasteiger partial charge on any atom is 0.124 e. The number of benzene rings is 1. The number of aromatic hydroxyl groups is 1. The van der Waals surface area contributed by atoms with Gasteiger partial charge in [0.1, 0.15) is 17.6 Å². The fourth-order valence-electron chi connectivity index (χ4n) is 2.33. The van der Waals surface area contributed by atoms with Crippen molar-refractivity contribution in [1.82, 2.24) is 0 Å². The Kier molecular flexibility index (Phi) is 3.14. The third-order valence-electron chi connectivity index (χ3n) is 3.24. The van der Waals surface area contributed by atoms with E-state index in [2.05, 4.69) is 26.8 Å². The highest BCUT2D eigenvalue weighted by atomic mass is 16.5. The highest BCUT2D eigenvalue weighted by Gasteiger charge is 2.25. The Balaban J connectivity index is 2.36. The number of aryl methyl sites for hydroxylation is 1. The number of hydrogen-bond acceptors (Lipinski definition) is 2. The predicted molar refractivity (Wildman–Crippen MR) is 69.7 cm³/mol. The van der Waals surface area contributed by atoms with E-state index in [0.29, 0.717) is 11.7 Å². The van der Waals surface area contributed by atoms with E-state index in [1.165, 1.54) is 5.57 Å². The first-order valence-corrected chi connectivity index (χ1v) is 6.12. The molecular weight excluding hydrogens is 212 g/mol. The van der Waals surface area contributed by atoms with E-state index in [1.54, 1.807) is 0 Å². The zero-order valence-corrected chi connectivity index (χ0v) is 10.9. The van der Waals surface area contributed by atoms with Gasteiger partial charge >= 0.3 is 0 Å². The predicted octanol–water partition coefficient (Wildman–Crippen LogP) is 3.92. The lowest BCUT2D eigenvalue weighted by molar-refractivity contribution is 0.203. The van der Waals surface area contributed by atoms with E-state index in [4.69, 9.17) is 4.74 Å². The Morgan fingerprint density at radius 1 is 1.41 bits per heavy atom. The second-order valence-corrected chi connectivity index (χ2v) is 5.21. The molecule has 0 amide bonds. The first-order chi connectivity index (χ1) is 7.97. The van der Waals surface area contributed by atoms with Crippen molar-refractivity contribution in [3.8, 4) is 11.5 Å². The van der Waals surface area contributed by atoms with E-state index in [-0.39, 0.29) is 6.10 Å². The molecule has 1 heterocycles. The van der Waals surface area contributed by atoms with E-state index >= 15 is 0 Å². The summed E-state index contributed by atoms with van der Waals surface area (Å²) in [6.07, 6.45) is 3.30. The van der Waals surface area contributed by atoms with Crippen molar-refractivity contribution in [2.45, 2.75) is 46.1 Å². The average Bonchev–Trinajstić information content (AvgIpc) is 2.20. The van der Waals surface area contributed by atoms with Crippen molar-refractivity contribution in [1.29, 1.82) is 0 Å². The molecule has 2 atom stereocenters. The molecule has 17 heavy (non-hydrogen) atoms. The molecule has 1 N–H and O–H groups in total. The molecule has 1 aliphatic rings. The summed E-state index contributed by atoms with van der Waals surface area (Å²) >= 11 is 0. The Labute approximate surface area is 103 Å². The van der Waals surface area contributed by atoms with Gasteiger partial charge in [-0.1, -0.05) is 12.5 Å². The van der Waals surface area contributed by atoms with Gasteiger partial charge in [0.2, 0.25) is 0 Å². The van der Waals surface area contributed by atoms with Gasteiger partial charge in [-0.05, 0) is 56.9 Å². The fourth-order valence-corrected chi connectivity index (χ4v) is 2.33. The lowest BCUT2D eigenvalue weighted by atomic mass is 9.90. The molecule has 92 valence electrons. The van der Waals surface area contributed by atoms with Crippen LogP contribution in [0.4, 0.5) is 0 Å². The molecule has 1 aliphatic heterocycles. The fraction of sp³-hybridized carbons (Fsp3) is 0.467. The largest absolute Gasteiger partial charge is 0.508 e. The lowest BCUT2D eigenvalue weighted by Crippen LogP contribution is -2.23. The molecule has 0 aromatic heterocycles. The third-order valence-corrected chi connectivity index (χ3v) is 3.24. The van der Waals surface area contributed by atoms with Gasteiger partial charge in [0.15, 0.2) is 0 Å². The maximum absolute atomic E-state index is 9.74. The summed E-state index contributed by atoms with van der Waals surface area (Å²) in [5.74, 6) is 1.70. The van der Waals surface area contributed by atoms with E-state index < -0.39 is 0 Å². The zero-order valence-electron chi connectivity index (χ0n) is 10.9. The van der Waals surface area contributed by atoms with E-state index in [0.717, 1.165) is 23.3 Å². The Bertz CT molecular complexity index is 456. The first-order valence-electron chi connectivity index (χ1n) is 6.12. The number of rotatable bonds is 1. The zero-order chi connectivity index (χ0) is 12.6. The van der Waals surface area contributed by atoms with Crippen molar-refractivity contribution in [2.24, 2.45) is 0 Å². The summed E-state index contributed by atoms with van der Waals surface area (Å²) in [4.78, 5) is 0. The van der Waals surface area contributed by atoms with Crippen molar-refractivity contribution < 1.29 is 9.84 Å². The Morgan fingerprint density at radius 3 is 2.76 bits per heavy atom. The van der Waals surface area contributed by atoms with Crippen LogP contribution in [0.3, 0.4) is 0 Å². The van der Waals surface area contributed by atoms with Crippen LogP contribution in [-0.4, -0.2) is 11.2 Å². The number of fused-ring (bicyclic) bond motifs is 1. The van der Waals surface area contributed by atoms with E-state index in [9.17, 15) is 5.11 Å². The lowest BCUT2D eigenvalue weighted by Gasteiger charge is -2.29. The molecule has 2 nitrogen and oxygen atoms in total. The van der Waals surface area contributed by atoms with Crippen LogP contribution in [0.1, 0.15) is 44.2 Å². The topological polar surface area (TPSA) is 29.5 Å². The Hall–Kier alpha value is -1.44. The molecule has 1 aromatic rings. The minimum Gasteiger partial charge on any atom is -0.508 e. The van der Waals surface area contributed by atoms with Crippen LogP contribution in [0.2, 0.25) is 0 Å². The summed E-state index contributed by atoms with van der Waals surface area (Å²) in [5.41, 5.74) is 3.27. The van der Waals surface area contributed by atoms with Gasteiger partial charge in [0.25, 0.3) is 0 Å². The van der Waals surface area contributed by atoms with Gasteiger partial charge < -0.3 is 9.84 Å². The number of phenolic OH excluding ortho intramolecular Hbond substituents is 1. The molecule has 0 saturated heterocycles. The molecule has 2 heteroatoms. The van der Waals surface area contributed by atoms with Crippen molar-refractivity contribution in [2.75, 3.05) is 0 Å². The second kappa shape index (κ2) is 4.44. The number of allylic oxidation sites excluding steroid dienone is 1. The molecule has 0 fully saturated rings. The van der Waals surface area contributed by atoms with E-state index in [1.807, 2.05) is 19.1 Å². The number of ether oxygens (including phenoxy) is 1. The SMILES string of the molecule is CC(C)=C[C@@H]1C[C@@H](C)c2cc(O)c(C)cc2O1. The van der Waals surface area contributed by atoms with Crippen LogP contribution in [0.15, 0.2) is 23.8 Å². The van der Waals surface area contributed by atoms with Gasteiger partial charge in [-0.25, -0.2) is 0 Å². The minimum atomic E-state index is 0.159. The highest BCUT2D eigenvalue weighted by Crippen LogP contribution is 2.39. The highest BCUT2D eigenvalue weighted by molar-refractivity contribution is 5.48. The summed E-state index contributed by atoms with van der Waals surface area (Å²) in [6.45, 7) is 8.26. The normalized spacial score (nSPS) is 22.6. The van der Waals surface area contributed by atoms with Crippen molar-refractivity contribution in [3.05, 3.63) is 34.9 Å². The second-order valence-electron chi connectivity index (χ2n) is 5.21. The Morgan fingerprint density at radius 2 is 2.12 bits per heavy atom. The van der Waals surface area contributed by atoms with Crippen LogP contribution in [-0.2, 0) is 0 Å². The van der Waals surface area contributed by atoms with Crippen LogP contribution < -0.4 is 4.74 Å². The minimum absolute atomic E-state index is 0.159. The number of hydrogen-bond donors (Lipinski definition) is 1. The van der Waals surface area contributed by atoms with Gasteiger partial charge in [-0.3, -0.25) is 0 Å². The van der Waals surface area contributed by atoms with Gasteiger partial charge in [0, 0.05) is 5.56 Å². The summed E-state index contributed by atoms with van der Waals surface area (Å²) in [7, 11) is 0.